The summed E-state index contributed by atoms with van der Waals surface area (Å²) < 4.78 is 24.8. The minimum atomic E-state index is -3.14. The van der Waals surface area contributed by atoms with E-state index < -0.39 is 9.84 Å². The smallest absolute Gasteiger partial charge is 0.179 e. The highest BCUT2D eigenvalue weighted by Gasteiger charge is 2.36. The van der Waals surface area contributed by atoms with Crippen LogP contribution in [0.15, 0.2) is 17.0 Å². The van der Waals surface area contributed by atoms with Gasteiger partial charge in [0.05, 0.1) is 10.6 Å². The van der Waals surface area contributed by atoms with E-state index in [0.29, 0.717) is 4.90 Å². The van der Waals surface area contributed by atoms with E-state index in [9.17, 15) is 8.42 Å². The van der Waals surface area contributed by atoms with E-state index in [-0.39, 0.29) is 17.7 Å². The van der Waals surface area contributed by atoms with Crippen molar-refractivity contribution in [2.24, 2.45) is 5.92 Å². The van der Waals surface area contributed by atoms with E-state index in [0.717, 1.165) is 29.7 Å². The zero-order valence-electron chi connectivity index (χ0n) is 12.2. The van der Waals surface area contributed by atoms with Crippen LogP contribution in [0.1, 0.15) is 43.0 Å². The van der Waals surface area contributed by atoms with Crippen molar-refractivity contribution in [3.05, 3.63) is 28.8 Å². The van der Waals surface area contributed by atoms with Gasteiger partial charge in [-0.1, -0.05) is 31.5 Å². The molecule has 19 heavy (non-hydrogen) atoms. The standard InChI is InChI=1S/C15H23NO2S/c1-5-6-16-14-12(4)9-19(17,18)15-11(3)7-10(2)8-13(14)15/h7-8,12,14,16H,5-6,9H2,1-4H3. The van der Waals surface area contributed by atoms with E-state index in [4.69, 9.17) is 0 Å². The average Bonchev–Trinajstić information content (AvgIpc) is 2.25. The Balaban J connectivity index is 2.58. The molecule has 0 saturated heterocycles. The molecule has 0 bridgehead atoms. The highest BCUT2D eigenvalue weighted by atomic mass is 32.2. The quantitative estimate of drug-likeness (QED) is 0.926. The van der Waals surface area contributed by atoms with Crippen LogP contribution in [0.2, 0.25) is 0 Å². The molecule has 0 aromatic heterocycles. The number of aryl methyl sites for hydroxylation is 2. The second kappa shape index (κ2) is 5.25. The fourth-order valence-corrected chi connectivity index (χ4v) is 5.23. The molecule has 2 unspecified atom stereocenters. The van der Waals surface area contributed by atoms with Crippen molar-refractivity contribution < 1.29 is 8.42 Å². The molecular formula is C15H23NO2S. The van der Waals surface area contributed by atoms with Crippen LogP contribution in [0, 0.1) is 19.8 Å². The van der Waals surface area contributed by atoms with Crippen molar-refractivity contribution in [2.75, 3.05) is 12.3 Å². The summed E-state index contributed by atoms with van der Waals surface area (Å²) in [6.07, 6.45) is 1.05. The Kier molecular flexibility index (Phi) is 4.02. The first-order valence-electron chi connectivity index (χ1n) is 6.94. The van der Waals surface area contributed by atoms with Gasteiger partial charge in [0.1, 0.15) is 0 Å². The summed E-state index contributed by atoms with van der Waals surface area (Å²) in [5.41, 5.74) is 2.97. The Morgan fingerprint density at radius 3 is 2.63 bits per heavy atom. The summed E-state index contributed by atoms with van der Waals surface area (Å²) in [5, 5.41) is 3.50. The Morgan fingerprint density at radius 2 is 2.00 bits per heavy atom. The lowest BCUT2D eigenvalue weighted by Crippen LogP contribution is -2.37. The highest BCUT2D eigenvalue weighted by Crippen LogP contribution is 2.38. The molecule has 1 aromatic carbocycles. The SMILES string of the molecule is CCCNC1c2cc(C)cc(C)c2S(=O)(=O)CC1C. The van der Waals surface area contributed by atoms with Crippen molar-refractivity contribution >= 4 is 9.84 Å². The molecule has 106 valence electrons. The van der Waals surface area contributed by atoms with Crippen LogP contribution >= 0.6 is 0 Å². The third-order valence-electron chi connectivity index (χ3n) is 3.76. The van der Waals surface area contributed by atoms with Crippen molar-refractivity contribution in [1.82, 2.24) is 5.32 Å². The Morgan fingerprint density at radius 1 is 1.32 bits per heavy atom. The third kappa shape index (κ3) is 2.70. The summed E-state index contributed by atoms with van der Waals surface area (Å²) in [5.74, 6) is 0.357. The maximum Gasteiger partial charge on any atom is 0.179 e. The van der Waals surface area contributed by atoms with Gasteiger partial charge >= 0.3 is 0 Å². The molecule has 2 atom stereocenters. The number of rotatable bonds is 3. The first kappa shape index (κ1) is 14.5. The molecule has 0 spiro atoms. The minimum absolute atomic E-state index is 0.116. The maximum atomic E-state index is 12.4. The molecule has 0 saturated carbocycles. The van der Waals surface area contributed by atoms with Gasteiger partial charge in [-0.3, -0.25) is 0 Å². The van der Waals surface area contributed by atoms with Crippen LogP contribution in [0.4, 0.5) is 0 Å². The number of benzene rings is 1. The normalized spacial score (nSPS) is 25.1. The second-order valence-corrected chi connectivity index (χ2v) is 7.66. The molecule has 0 aliphatic carbocycles. The fourth-order valence-electron chi connectivity index (χ4n) is 3.09. The molecule has 3 nitrogen and oxygen atoms in total. The molecule has 4 heteroatoms. The minimum Gasteiger partial charge on any atom is -0.310 e. The van der Waals surface area contributed by atoms with Crippen molar-refractivity contribution in [3.8, 4) is 0 Å². The van der Waals surface area contributed by atoms with E-state index in [1.54, 1.807) is 0 Å². The van der Waals surface area contributed by atoms with Gasteiger partial charge in [0.2, 0.25) is 0 Å². The second-order valence-electron chi connectivity index (χ2n) is 5.69. The fraction of sp³-hybridized carbons (Fsp3) is 0.600. The molecule has 0 radical (unpaired) electrons. The zero-order valence-corrected chi connectivity index (χ0v) is 13.0. The highest BCUT2D eigenvalue weighted by molar-refractivity contribution is 7.91. The maximum absolute atomic E-state index is 12.4. The molecule has 0 amide bonds. The molecule has 1 aliphatic rings. The van der Waals surface area contributed by atoms with Gasteiger partial charge in [0.15, 0.2) is 9.84 Å². The first-order chi connectivity index (χ1) is 8.86. The predicted octanol–water partition coefficient (Wildman–Crippen LogP) is 2.77. The van der Waals surface area contributed by atoms with Gasteiger partial charge in [-0.25, -0.2) is 8.42 Å². The first-order valence-corrected chi connectivity index (χ1v) is 8.59. The molecule has 1 aromatic rings. The van der Waals surface area contributed by atoms with Crippen LogP contribution in [0.5, 0.6) is 0 Å². The van der Waals surface area contributed by atoms with E-state index >= 15 is 0 Å². The number of fused-ring (bicyclic) bond motifs is 1. The van der Waals surface area contributed by atoms with Crippen LogP contribution in [-0.2, 0) is 9.84 Å². The number of nitrogens with one attached hydrogen (secondary N) is 1. The van der Waals surface area contributed by atoms with Gasteiger partial charge in [-0.05, 0) is 43.9 Å². The molecular weight excluding hydrogens is 258 g/mol. The lowest BCUT2D eigenvalue weighted by molar-refractivity contribution is 0.395. The Bertz CT molecular complexity index is 578. The number of hydrogen-bond donors (Lipinski definition) is 1. The summed E-state index contributed by atoms with van der Waals surface area (Å²) in [6, 6.07) is 4.14. The molecule has 1 aliphatic heterocycles. The van der Waals surface area contributed by atoms with Crippen molar-refractivity contribution in [2.45, 2.75) is 45.1 Å². The molecule has 2 rings (SSSR count). The molecule has 1 heterocycles. The van der Waals surface area contributed by atoms with Gasteiger partial charge in [0, 0.05) is 6.04 Å². The van der Waals surface area contributed by atoms with E-state index in [2.05, 4.69) is 12.2 Å². The van der Waals surface area contributed by atoms with Crippen LogP contribution < -0.4 is 5.32 Å². The van der Waals surface area contributed by atoms with Gasteiger partial charge in [-0.15, -0.1) is 0 Å². The average molecular weight is 281 g/mol. The Labute approximate surface area is 116 Å². The van der Waals surface area contributed by atoms with Crippen LogP contribution in [0.25, 0.3) is 0 Å². The van der Waals surface area contributed by atoms with Crippen molar-refractivity contribution in [3.63, 3.8) is 0 Å². The lowest BCUT2D eigenvalue weighted by atomic mass is 9.92. The third-order valence-corrected chi connectivity index (χ3v) is 5.90. The zero-order chi connectivity index (χ0) is 14.2. The predicted molar refractivity (Wildman–Crippen MR) is 78.2 cm³/mol. The lowest BCUT2D eigenvalue weighted by Gasteiger charge is -2.33. The van der Waals surface area contributed by atoms with Crippen LogP contribution in [-0.4, -0.2) is 20.7 Å². The number of sulfone groups is 1. The summed E-state index contributed by atoms with van der Waals surface area (Å²) in [7, 11) is -3.14. The van der Waals surface area contributed by atoms with Crippen molar-refractivity contribution in [1.29, 1.82) is 0 Å². The molecule has 1 N–H and O–H groups in total. The van der Waals surface area contributed by atoms with Crippen LogP contribution in [0.3, 0.4) is 0 Å². The largest absolute Gasteiger partial charge is 0.310 e. The van der Waals surface area contributed by atoms with Gasteiger partial charge < -0.3 is 5.32 Å². The number of hydrogen-bond acceptors (Lipinski definition) is 3. The monoisotopic (exact) mass is 281 g/mol. The van der Waals surface area contributed by atoms with Gasteiger partial charge in [0.25, 0.3) is 0 Å². The van der Waals surface area contributed by atoms with E-state index in [1.165, 1.54) is 0 Å². The summed E-state index contributed by atoms with van der Waals surface area (Å²) >= 11 is 0. The Hall–Kier alpha value is -0.870. The summed E-state index contributed by atoms with van der Waals surface area (Å²) in [4.78, 5) is 0.560. The summed E-state index contributed by atoms with van der Waals surface area (Å²) in [6.45, 7) is 8.99. The van der Waals surface area contributed by atoms with E-state index in [1.807, 2.05) is 32.9 Å². The van der Waals surface area contributed by atoms with Gasteiger partial charge in [-0.2, -0.15) is 0 Å². The molecule has 0 fully saturated rings. The topological polar surface area (TPSA) is 46.2 Å².